The Morgan fingerprint density at radius 3 is 3.17 bits per heavy atom. The van der Waals surface area contributed by atoms with Crippen LogP contribution in [0.1, 0.15) is 25.7 Å². The number of hydrogen-bond acceptors (Lipinski definition) is 4. The summed E-state index contributed by atoms with van der Waals surface area (Å²) < 4.78 is 1.14. The van der Waals surface area contributed by atoms with Gasteiger partial charge in [-0.15, -0.1) is 11.3 Å². The van der Waals surface area contributed by atoms with Crippen LogP contribution in [-0.2, 0) is 0 Å². The Kier molecular flexibility index (Phi) is 5.80. The number of hydrogen-bond donors (Lipinski definition) is 2. The van der Waals surface area contributed by atoms with Crippen LogP contribution in [0.4, 0.5) is 0 Å². The van der Waals surface area contributed by atoms with E-state index >= 15 is 0 Å². The van der Waals surface area contributed by atoms with Crippen LogP contribution in [0.2, 0.25) is 0 Å². The topological polar surface area (TPSA) is 63.3 Å². The normalized spacial score (nSPS) is 16.6. The Labute approximate surface area is 116 Å². The molecule has 0 saturated heterocycles. The molecule has 2 rings (SSSR count). The first-order chi connectivity index (χ1) is 8.84. The Hall–Kier alpha value is -0.750. The molecule has 0 amide bonds. The molecule has 1 aromatic rings. The molecule has 0 radical (unpaired) electrons. The number of aromatic nitrogens is 1. The number of aliphatic imine (C=N–C) groups is 1. The van der Waals surface area contributed by atoms with Crippen LogP contribution < -0.4 is 11.1 Å². The largest absolute Gasteiger partial charge is 0.370 e. The average molecular weight is 284 g/mol. The number of guanidine groups is 1. The summed E-state index contributed by atoms with van der Waals surface area (Å²) in [7, 11) is 0. The monoisotopic (exact) mass is 284 g/mol. The van der Waals surface area contributed by atoms with E-state index in [1.165, 1.54) is 19.3 Å². The molecular weight excluding hydrogens is 264 g/mol. The first kappa shape index (κ1) is 13.7. The highest BCUT2D eigenvalue weighted by Gasteiger charge is 2.16. The highest BCUT2D eigenvalue weighted by atomic mass is 32.2. The van der Waals surface area contributed by atoms with E-state index in [1.807, 2.05) is 11.6 Å². The van der Waals surface area contributed by atoms with Crippen molar-refractivity contribution in [3.63, 3.8) is 0 Å². The summed E-state index contributed by atoms with van der Waals surface area (Å²) in [5.74, 6) is 2.45. The SMILES string of the molecule is NC(=NCC1CCC1)NCCCSc1nccs1. The summed E-state index contributed by atoms with van der Waals surface area (Å²) in [5, 5.41) is 5.17. The first-order valence-electron chi connectivity index (χ1n) is 6.40. The minimum atomic E-state index is 0.598. The van der Waals surface area contributed by atoms with Gasteiger partial charge in [-0.05, 0) is 25.2 Å². The van der Waals surface area contributed by atoms with Crippen LogP contribution in [0.5, 0.6) is 0 Å². The van der Waals surface area contributed by atoms with Gasteiger partial charge in [0, 0.05) is 30.4 Å². The van der Waals surface area contributed by atoms with Gasteiger partial charge in [0.05, 0.1) is 0 Å². The van der Waals surface area contributed by atoms with Gasteiger partial charge < -0.3 is 11.1 Å². The van der Waals surface area contributed by atoms with Crippen molar-refractivity contribution in [3.05, 3.63) is 11.6 Å². The van der Waals surface area contributed by atoms with Gasteiger partial charge in [0.2, 0.25) is 0 Å². The van der Waals surface area contributed by atoms with Crippen LogP contribution in [0.15, 0.2) is 20.9 Å². The number of nitrogens with one attached hydrogen (secondary N) is 1. The second kappa shape index (κ2) is 7.63. The first-order valence-corrected chi connectivity index (χ1v) is 8.27. The van der Waals surface area contributed by atoms with E-state index in [9.17, 15) is 0 Å². The van der Waals surface area contributed by atoms with Crippen LogP contribution in [0, 0.1) is 5.92 Å². The van der Waals surface area contributed by atoms with Crippen molar-refractivity contribution in [2.24, 2.45) is 16.6 Å². The Morgan fingerprint density at radius 1 is 1.61 bits per heavy atom. The van der Waals surface area contributed by atoms with E-state index in [4.69, 9.17) is 5.73 Å². The third kappa shape index (κ3) is 4.86. The molecule has 1 heterocycles. The highest BCUT2D eigenvalue weighted by molar-refractivity contribution is 8.00. The average Bonchev–Trinajstić information content (AvgIpc) is 2.79. The molecule has 1 fully saturated rings. The molecule has 1 saturated carbocycles. The fraction of sp³-hybridized carbons (Fsp3) is 0.667. The molecule has 1 aliphatic rings. The Bertz CT molecular complexity index is 360. The summed E-state index contributed by atoms with van der Waals surface area (Å²) >= 11 is 3.49. The van der Waals surface area contributed by atoms with E-state index in [0.29, 0.717) is 5.96 Å². The van der Waals surface area contributed by atoms with Crippen LogP contribution in [0.25, 0.3) is 0 Å². The van der Waals surface area contributed by atoms with Crippen molar-refractivity contribution in [3.8, 4) is 0 Å². The van der Waals surface area contributed by atoms with Gasteiger partial charge in [0.1, 0.15) is 4.34 Å². The van der Waals surface area contributed by atoms with Gasteiger partial charge in [0.15, 0.2) is 5.96 Å². The molecule has 100 valence electrons. The Morgan fingerprint density at radius 2 is 2.50 bits per heavy atom. The number of nitrogens with zero attached hydrogens (tertiary/aromatic N) is 2. The van der Waals surface area contributed by atoms with Crippen molar-refractivity contribution < 1.29 is 0 Å². The van der Waals surface area contributed by atoms with Gasteiger partial charge in [-0.1, -0.05) is 18.2 Å². The molecular formula is C12H20N4S2. The van der Waals surface area contributed by atoms with Gasteiger partial charge in [-0.25, -0.2) is 4.98 Å². The van der Waals surface area contributed by atoms with Crippen molar-refractivity contribution in [2.45, 2.75) is 30.0 Å². The van der Waals surface area contributed by atoms with E-state index in [0.717, 1.165) is 35.5 Å². The molecule has 0 bridgehead atoms. The third-order valence-corrected chi connectivity index (χ3v) is 5.06. The van der Waals surface area contributed by atoms with Gasteiger partial charge in [-0.2, -0.15) is 0 Å². The van der Waals surface area contributed by atoms with E-state index in [2.05, 4.69) is 15.3 Å². The predicted octanol–water partition coefficient (Wildman–Crippen LogP) is 2.33. The zero-order chi connectivity index (χ0) is 12.6. The standard InChI is InChI=1S/C12H20N4S2/c13-11(16-9-10-3-1-4-10)14-5-2-7-17-12-15-6-8-18-12/h6,8,10H,1-5,7,9H2,(H3,13,14,16). The zero-order valence-electron chi connectivity index (χ0n) is 10.5. The molecule has 0 atom stereocenters. The lowest BCUT2D eigenvalue weighted by molar-refractivity contribution is 0.326. The van der Waals surface area contributed by atoms with Crippen LogP contribution >= 0.6 is 23.1 Å². The van der Waals surface area contributed by atoms with E-state index in [-0.39, 0.29) is 0 Å². The number of thioether (sulfide) groups is 1. The van der Waals surface area contributed by atoms with E-state index in [1.54, 1.807) is 23.1 Å². The summed E-state index contributed by atoms with van der Waals surface area (Å²) in [4.78, 5) is 8.59. The second-order valence-corrected chi connectivity index (χ2v) is 6.69. The maximum absolute atomic E-state index is 5.80. The molecule has 1 aromatic heterocycles. The molecule has 1 aliphatic carbocycles. The molecule has 0 spiro atoms. The van der Waals surface area contributed by atoms with Gasteiger partial charge in [0.25, 0.3) is 0 Å². The maximum Gasteiger partial charge on any atom is 0.188 e. The van der Waals surface area contributed by atoms with Crippen molar-refractivity contribution in [1.82, 2.24) is 10.3 Å². The minimum Gasteiger partial charge on any atom is -0.370 e. The lowest BCUT2D eigenvalue weighted by Crippen LogP contribution is -2.33. The molecule has 0 unspecified atom stereocenters. The summed E-state index contributed by atoms with van der Waals surface area (Å²) in [6, 6.07) is 0. The van der Waals surface area contributed by atoms with Crippen molar-refractivity contribution >= 4 is 29.1 Å². The summed E-state index contributed by atoms with van der Waals surface area (Å²) in [6.45, 7) is 1.78. The predicted molar refractivity (Wildman–Crippen MR) is 79.3 cm³/mol. The zero-order valence-corrected chi connectivity index (χ0v) is 12.1. The Balaban J connectivity index is 1.49. The lowest BCUT2D eigenvalue weighted by atomic mass is 9.86. The third-order valence-electron chi connectivity index (χ3n) is 3.01. The highest BCUT2D eigenvalue weighted by Crippen LogP contribution is 2.26. The number of thiazole rings is 1. The van der Waals surface area contributed by atoms with Crippen molar-refractivity contribution in [2.75, 3.05) is 18.8 Å². The lowest BCUT2D eigenvalue weighted by Gasteiger charge is -2.23. The summed E-state index contributed by atoms with van der Waals surface area (Å²) in [6.07, 6.45) is 6.92. The molecule has 3 N–H and O–H groups in total. The maximum atomic E-state index is 5.80. The molecule has 0 aliphatic heterocycles. The molecule has 4 nitrogen and oxygen atoms in total. The van der Waals surface area contributed by atoms with Gasteiger partial charge in [-0.3, -0.25) is 4.99 Å². The molecule has 6 heteroatoms. The number of nitrogens with two attached hydrogens (primary N) is 1. The van der Waals surface area contributed by atoms with Crippen LogP contribution in [-0.4, -0.2) is 29.8 Å². The van der Waals surface area contributed by atoms with Crippen molar-refractivity contribution in [1.29, 1.82) is 0 Å². The second-order valence-electron chi connectivity index (χ2n) is 4.45. The fourth-order valence-corrected chi connectivity index (χ4v) is 3.34. The number of rotatable bonds is 7. The minimum absolute atomic E-state index is 0.598. The fourth-order valence-electron chi connectivity index (χ4n) is 1.69. The van der Waals surface area contributed by atoms with Gasteiger partial charge >= 0.3 is 0 Å². The molecule has 0 aromatic carbocycles. The molecule has 18 heavy (non-hydrogen) atoms. The quantitative estimate of drug-likeness (QED) is 0.349. The van der Waals surface area contributed by atoms with E-state index < -0.39 is 0 Å². The smallest absolute Gasteiger partial charge is 0.188 e. The van der Waals surface area contributed by atoms with Crippen LogP contribution in [0.3, 0.4) is 0 Å². The summed E-state index contributed by atoms with van der Waals surface area (Å²) in [5.41, 5.74) is 5.80.